The first-order chi connectivity index (χ1) is 13.1. The molecule has 0 N–H and O–H groups in total. The third-order valence-electron chi connectivity index (χ3n) is 5.57. The van der Waals surface area contributed by atoms with Gasteiger partial charge in [-0.25, -0.2) is 9.89 Å². The van der Waals surface area contributed by atoms with Crippen molar-refractivity contribution in [2.45, 2.75) is 37.7 Å². The third kappa shape index (κ3) is 1.71. The number of aliphatic imine (C=N–C) groups is 1. The SMILES string of the molecule is CCC1=N[C@]2(c3ccccc3)[C@H](O1)O[C@]21C(=O)N(C(C)=O)c2ccccc21. The number of imide groups is 1. The normalized spacial score (nSPS) is 30.4. The number of fused-ring (bicyclic) bond motifs is 4. The van der Waals surface area contributed by atoms with Gasteiger partial charge in [0.1, 0.15) is 0 Å². The highest BCUT2D eigenvalue weighted by atomic mass is 16.7. The fourth-order valence-corrected chi connectivity index (χ4v) is 4.43. The van der Waals surface area contributed by atoms with Gasteiger partial charge >= 0.3 is 0 Å². The van der Waals surface area contributed by atoms with E-state index >= 15 is 0 Å². The Hall–Kier alpha value is -2.99. The van der Waals surface area contributed by atoms with Gasteiger partial charge in [0.2, 0.25) is 17.8 Å². The molecule has 1 fully saturated rings. The second-order valence-corrected chi connectivity index (χ2v) is 6.92. The monoisotopic (exact) mass is 362 g/mol. The van der Waals surface area contributed by atoms with Crippen molar-refractivity contribution in [2.24, 2.45) is 4.99 Å². The van der Waals surface area contributed by atoms with E-state index in [0.29, 0.717) is 23.6 Å². The van der Waals surface area contributed by atoms with E-state index in [4.69, 9.17) is 14.5 Å². The van der Waals surface area contributed by atoms with Gasteiger partial charge in [-0.15, -0.1) is 0 Å². The van der Waals surface area contributed by atoms with E-state index in [2.05, 4.69) is 0 Å². The zero-order valence-corrected chi connectivity index (χ0v) is 15.0. The summed E-state index contributed by atoms with van der Waals surface area (Å²) in [4.78, 5) is 31.9. The van der Waals surface area contributed by atoms with E-state index in [-0.39, 0.29) is 5.91 Å². The molecule has 3 atom stereocenters. The molecule has 136 valence electrons. The van der Waals surface area contributed by atoms with Crippen molar-refractivity contribution in [3.63, 3.8) is 0 Å². The zero-order valence-electron chi connectivity index (χ0n) is 15.0. The van der Waals surface area contributed by atoms with Crippen molar-refractivity contribution >= 4 is 23.4 Å². The van der Waals surface area contributed by atoms with Crippen LogP contribution in [-0.2, 0) is 30.2 Å². The van der Waals surface area contributed by atoms with Crippen molar-refractivity contribution in [3.05, 3.63) is 65.7 Å². The van der Waals surface area contributed by atoms with Gasteiger partial charge in [0.25, 0.3) is 5.91 Å². The number of carbonyl (C=O) groups excluding carboxylic acids is 2. The van der Waals surface area contributed by atoms with Crippen LogP contribution in [0.15, 0.2) is 59.6 Å². The smallest absolute Gasteiger partial charge is 0.274 e. The molecule has 0 saturated carbocycles. The average Bonchev–Trinajstić information content (AvgIpc) is 3.12. The van der Waals surface area contributed by atoms with Gasteiger partial charge in [-0.2, -0.15) is 0 Å². The van der Waals surface area contributed by atoms with Crippen molar-refractivity contribution in [3.8, 4) is 0 Å². The first-order valence-corrected chi connectivity index (χ1v) is 8.99. The molecule has 2 aromatic rings. The third-order valence-corrected chi connectivity index (χ3v) is 5.57. The lowest BCUT2D eigenvalue weighted by atomic mass is 9.66. The number of rotatable bonds is 2. The largest absolute Gasteiger partial charge is 0.449 e. The highest BCUT2D eigenvalue weighted by Crippen LogP contribution is 2.66. The molecule has 3 heterocycles. The van der Waals surface area contributed by atoms with Crippen LogP contribution in [0.5, 0.6) is 0 Å². The van der Waals surface area contributed by atoms with E-state index in [0.717, 1.165) is 5.56 Å². The molecule has 27 heavy (non-hydrogen) atoms. The quantitative estimate of drug-likeness (QED) is 0.824. The van der Waals surface area contributed by atoms with Crippen LogP contribution in [0.3, 0.4) is 0 Å². The average molecular weight is 362 g/mol. The van der Waals surface area contributed by atoms with Gasteiger partial charge < -0.3 is 9.47 Å². The minimum atomic E-state index is -1.40. The Morgan fingerprint density at radius 1 is 1.15 bits per heavy atom. The van der Waals surface area contributed by atoms with Crippen molar-refractivity contribution in [2.75, 3.05) is 4.90 Å². The van der Waals surface area contributed by atoms with Gasteiger partial charge in [-0.05, 0) is 11.6 Å². The van der Waals surface area contributed by atoms with Crippen LogP contribution in [0.25, 0.3) is 0 Å². The predicted molar refractivity (Wildman–Crippen MR) is 98.1 cm³/mol. The van der Waals surface area contributed by atoms with Crippen LogP contribution in [-0.4, -0.2) is 24.0 Å². The lowest BCUT2D eigenvalue weighted by Crippen LogP contribution is -2.71. The van der Waals surface area contributed by atoms with Gasteiger partial charge in [0.15, 0.2) is 11.4 Å². The van der Waals surface area contributed by atoms with E-state index in [1.165, 1.54) is 11.8 Å². The lowest BCUT2D eigenvalue weighted by Gasteiger charge is -2.54. The number of carbonyl (C=O) groups is 2. The van der Waals surface area contributed by atoms with Crippen LogP contribution in [0.4, 0.5) is 5.69 Å². The van der Waals surface area contributed by atoms with E-state index in [1.807, 2.05) is 49.4 Å². The van der Waals surface area contributed by atoms with E-state index < -0.39 is 23.3 Å². The Balaban J connectivity index is 1.81. The number of anilines is 1. The molecule has 6 heteroatoms. The highest BCUT2D eigenvalue weighted by Gasteiger charge is 2.80. The summed E-state index contributed by atoms with van der Waals surface area (Å²) in [7, 11) is 0. The predicted octanol–water partition coefficient (Wildman–Crippen LogP) is 2.87. The summed E-state index contributed by atoms with van der Waals surface area (Å²) < 4.78 is 12.0. The molecule has 6 nitrogen and oxygen atoms in total. The van der Waals surface area contributed by atoms with Crippen LogP contribution in [0, 0.1) is 0 Å². The van der Waals surface area contributed by atoms with Crippen LogP contribution >= 0.6 is 0 Å². The molecule has 0 radical (unpaired) electrons. The molecule has 2 aromatic carbocycles. The van der Waals surface area contributed by atoms with E-state index in [9.17, 15) is 9.59 Å². The molecular weight excluding hydrogens is 344 g/mol. The second kappa shape index (κ2) is 5.27. The number of benzene rings is 2. The minimum absolute atomic E-state index is 0.349. The maximum Gasteiger partial charge on any atom is 0.274 e. The number of hydrogen-bond acceptors (Lipinski definition) is 5. The Morgan fingerprint density at radius 3 is 2.56 bits per heavy atom. The molecule has 2 amide bonds. The summed E-state index contributed by atoms with van der Waals surface area (Å²) in [6.45, 7) is 3.33. The molecule has 3 aliphatic heterocycles. The number of ether oxygens (including phenoxy) is 2. The maximum absolute atomic E-state index is 13.6. The van der Waals surface area contributed by atoms with Crippen LogP contribution in [0.2, 0.25) is 0 Å². The highest BCUT2D eigenvalue weighted by molar-refractivity contribution is 6.23. The maximum atomic E-state index is 13.6. The number of hydrogen-bond donors (Lipinski definition) is 0. The molecule has 5 rings (SSSR count). The summed E-state index contributed by atoms with van der Waals surface area (Å²) in [6.07, 6.45) is -0.102. The van der Waals surface area contributed by atoms with Crippen LogP contribution in [0.1, 0.15) is 31.4 Å². The first kappa shape index (κ1) is 16.2. The molecule has 1 saturated heterocycles. The van der Waals surface area contributed by atoms with Gasteiger partial charge in [-0.1, -0.05) is 55.5 Å². The Kier molecular flexibility index (Phi) is 3.16. The number of para-hydroxylation sites is 1. The standard InChI is InChI=1S/C21H18N2O4/c1-3-17-22-20(14-9-5-4-6-10-14)19(26-17)27-21(20)15-11-7-8-12-16(15)23(13(2)24)18(21)25/h4-12,19H,3H2,1-2H3/t19-,20-,21-/m1/s1. The Bertz CT molecular complexity index is 1000. The number of amides is 2. The minimum Gasteiger partial charge on any atom is -0.449 e. The van der Waals surface area contributed by atoms with Crippen molar-refractivity contribution in [1.82, 2.24) is 0 Å². The van der Waals surface area contributed by atoms with Gasteiger partial charge in [0, 0.05) is 18.9 Å². The lowest BCUT2D eigenvalue weighted by molar-refractivity contribution is -0.323. The Morgan fingerprint density at radius 2 is 1.85 bits per heavy atom. The summed E-state index contributed by atoms with van der Waals surface area (Å²) in [5.74, 6) is -0.216. The summed E-state index contributed by atoms with van der Waals surface area (Å²) in [5.41, 5.74) is -0.424. The molecule has 3 aliphatic rings. The second-order valence-electron chi connectivity index (χ2n) is 6.92. The first-order valence-electron chi connectivity index (χ1n) is 8.99. The summed E-state index contributed by atoms with van der Waals surface area (Å²) in [6, 6.07) is 16.8. The fourth-order valence-electron chi connectivity index (χ4n) is 4.43. The van der Waals surface area contributed by atoms with E-state index in [1.54, 1.807) is 12.1 Å². The molecular formula is C21H18N2O4. The molecule has 0 aliphatic carbocycles. The van der Waals surface area contributed by atoms with Crippen LogP contribution < -0.4 is 4.90 Å². The fraction of sp³-hybridized carbons (Fsp3) is 0.286. The van der Waals surface area contributed by atoms with Gasteiger partial charge in [0.05, 0.1) is 5.69 Å². The topological polar surface area (TPSA) is 68.2 Å². The molecule has 0 bridgehead atoms. The van der Waals surface area contributed by atoms with Crippen molar-refractivity contribution < 1.29 is 19.1 Å². The molecule has 0 aromatic heterocycles. The summed E-state index contributed by atoms with van der Waals surface area (Å²) >= 11 is 0. The molecule has 0 unspecified atom stereocenters. The summed E-state index contributed by atoms with van der Waals surface area (Å²) in [5, 5.41) is 0. The van der Waals surface area contributed by atoms with Gasteiger partial charge in [-0.3, -0.25) is 9.59 Å². The Labute approximate surface area is 156 Å². The molecule has 1 spiro atoms. The zero-order chi connectivity index (χ0) is 18.8. The number of nitrogens with zero attached hydrogens (tertiary/aromatic N) is 2. The van der Waals surface area contributed by atoms with Crippen molar-refractivity contribution in [1.29, 1.82) is 0 Å².